The van der Waals surface area contributed by atoms with Crippen LogP contribution >= 0.6 is 22.9 Å². The largest absolute Gasteiger partial charge is 0.383 e. The molecule has 8 nitrogen and oxygen atoms in total. The van der Waals surface area contributed by atoms with Gasteiger partial charge in [0.15, 0.2) is 0 Å². The molecule has 0 atom stereocenters. The highest BCUT2D eigenvalue weighted by molar-refractivity contribution is 7.16. The van der Waals surface area contributed by atoms with Crippen LogP contribution in [-0.4, -0.2) is 78.3 Å². The fourth-order valence-corrected chi connectivity index (χ4v) is 5.97. The van der Waals surface area contributed by atoms with Crippen LogP contribution in [0, 0.1) is 13.8 Å². The normalized spacial score (nSPS) is 14.9. The van der Waals surface area contributed by atoms with Crippen molar-refractivity contribution in [3.63, 3.8) is 0 Å². The standard InChI is InChI=1S/C26H32ClN7OS/c1-16-23(17(2)35-31-16)19-6-7-21-24(20(19)15-18-5-8-22(27)36-18)25(28)30-26(29-21)34-13-11-33(12-14-34)10-9-32(3)4/h5-8H,9-15H2,1-4H3,(H2,28,29,30). The van der Waals surface area contributed by atoms with Crippen LogP contribution in [0.3, 0.4) is 0 Å². The SMILES string of the molecule is Cc1noc(C)c1-c1ccc2nc(N3CCN(CCN(C)C)CC3)nc(N)c2c1Cc1ccc(Cl)s1. The maximum atomic E-state index is 6.67. The van der Waals surface area contributed by atoms with Gasteiger partial charge < -0.3 is 20.1 Å². The van der Waals surface area contributed by atoms with E-state index in [2.05, 4.69) is 46.1 Å². The molecule has 1 aliphatic heterocycles. The van der Waals surface area contributed by atoms with E-state index in [9.17, 15) is 0 Å². The second-order valence-corrected chi connectivity index (χ2v) is 11.4. The molecular formula is C26H32ClN7OS. The topological polar surface area (TPSA) is 87.6 Å². The highest BCUT2D eigenvalue weighted by Gasteiger charge is 2.23. The van der Waals surface area contributed by atoms with Crippen LogP contribution in [0.4, 0.5) is 11.8 Å². The number of nitrogens with two attached hydrogens (primary N) is 1. The highest BCUT2D eigenvalue weighted by atomic mass is 35.5. The number of fused-ring (bicyclic) bond motifs is 1. The van der Waals surface area contributed by atoms with Crippen LogP contribution in [-0.2, 0) is 6.42 Å². The van der Waals surface area contributed by atoms with E-state index in [1.54, 1.807) is 11.3 Å². The maximum Gasteiger partial charge on any atom is 0.227 e. The van der Waals surface area contributed by atoms with E-state index in [1.807, 2.05) is 26.0 Å². The van der Waals surface area contributed by atoms with E-state index < -0.39 is 0 Å². The number of benzene rings is 1. The molecule has 190 valence electrons. The molecule has 36 heavy (non-hydrogen) atoms. The van der Waals surface area contributed by atoms with Gasteiger partial charge in [0.2, 0.25) is 5.95 Å². The second kappa shape index (κ2) is 10.3. The molecule has 0 aliphatic carbocycles. The Hall–Kier alpha value is -2.72. The molecule has 1 aliphatic rings. The molecule has 1 aromatic carbocycles. The van der Waals surface area contributed by atoms with Gasteiger partial charge in [-0.25, -0.2) is 4.98 Å². The molecule has 0 amide bonds. The lowest BCUT2D eigenvalue weighted by molar-refractivity contribution is 0.229. The smallest absolute Gasteiger partial charge is 0.227 e. The fourth-order valence-electron chi connectivity index (χ4n) is 4.87. The third-order valence-corrected chi connectivity index (χ3v) is 8.02. The lowest BCUT2D eigenvalue weighted by Crippen LogP contribution is -2.48. The molecule has 0 unspecified atom stereocenters. The minimum atomic E-state index is 0.497. The number of halogens is 1. The molecule has 10 heteroatoms. The summed E-state index contributed by atoms with van der Waals surface area (Å²) in [5.41, 5.74) is 11.5. The number of aromatic nitrogens is 3. The van der Waals surface area contributed by atoms with Gasteiger partial charge in [0.25, 0.3) is 0 Å². The number of nitrogens with zero attached hydrogens (tertiary/aromatic N) is 6. The molecule has 0 saturated carbocycles. The number of aryl methyl sites for hydroxylation is 2. The average Bonchev–Trinajstić information content (AvgIpc) is 3.42. The van der Waals surface area contributed by atoms with Crippen molar-refractivity contribution in [1.29, 1.82) is 0 Å². The van der Waals surface area contributed by atoms with E-state index in [-0.39, 0.29) is 0 Å². The minimum absolute atomic E-state index is 0.497. The number of hydrogen-bond acceptors (Lipinski definition) is 9. The number of anilines is 2. The van der Waals surface area contributed by atoms with Gasteiger partial charge in [-0.1, -0.05) is 22.8 Å². The zero-order valence-electron chi connectivity index (χ0n) is 21.2. The predicted octanol–water partition coefficient (Wildman–Crippen LogP) is 4.47. The summed E-state index contributed by atoms with van der Waals surface area (Å²) < 4.78 is 6.26. The number of hydrogen-bond donors (Lipinski definition) is 1. The van der Waals surface area contributed by atoms with Crippen LogP contribution in [0.1, 0.15) is 21.9 Å². The van der Waals surface area contributed by atoms with Crippen LogP contribution in [0.25, 0.3) is 22.0 Å². The number of likely N-dealkylation sites (N-methyl/N-ethyl adjacent to an activating group) is 1. The Morgan fingerprint density at radius 1 is 1.08 bits per heavy atom. The summed E-state index contributed by atoms with van der Waals surface area (Å²) in [4.78, 5) is 17.9. The quantitative estimate of drug-likeness (QED) is 0.378. The van der Waals surface area contributed by atoms with Crippen molar-refractivity contribution in [1.82, 2.24) is 24.9 Å². The maximum absolute atomic E-state index is 6.67. The van der Waals surface area contributed by atoms with Crippen LogP contribution < -0.4 is 10.6 Å². The van der Waals surface area contributed by atoms with Crippen molar-refractivity contribution in [3.05, 3.63) is 50.5 Å². The van der Waals surface area contributed by atoms with Gasteiger partial charge in [0.1, 0.15) is 11.6 Å². The number of rotatable bonds is 7. The third kappa shape index (κ3) is 5.06. The summed E-state index contributed by atoms with van der Waals surface area (Å²) in [6.07, 6.45) is 0.672. The molecule has 1 fully saturated rings. The Morgan fingerprint density at radius 3 is 2.50 bits per heavy atom. The van der Waals surface area contributed by atoms with E-state index in [0.717, 1.165) is 87.5 Å². The van der Waals surface area contributed by atoms with E-state index in [4.69, 9.17) is 31.8 Å². The van der Waals surface area contributed by atoms with Crippen LogP contribution in [0.5, 0.6) is 0 Å². The molecule has 2 N–H and O–H groups in total. The first-order chi connectivity index (χ1) is 17.3. The third-order valence-electron chi connectivity index (χ3n) is 6.79. The summed E-state index contributed by atoms with van der Waals surface area (Å²) in [6.45, 7) is 9.78. The summed E-state index contributed by atoms with van der Waals surface area (Å²) in [7, 11) is 4.22. The van der Waals surface area contributed by atoms with Crippen LogP contribution in [0.2, 0.25) is 4.34 Å². The first-order valence-electron chi connectivity index (χ1n) is 12.2. The van der Waals surface area contributed by atoms with Gasteiger partial charge in [-0.2, -0.15) is 4.98 Å². The van der Waals surface area contributed by atoms with Crippen molar-refractivity contribution in [2.24, 2.45) is 0 Å². The van der Waals surface area contributed by atoms with Crippen molar-refractivity contribution in [2.75, 3.05) is 64.0 Å². The van der Waals surface area contributed by atoms with Crippen molar-refractivity contribution in [3.8, 4) is 11.1 Å². The molecule has 0 radical (unpaired) electrons. The first kappa shape index (κ1) is 25.0. The fraction of sp³-hybridized carbons (Fsp3) is 0.423. The Balaban J connectivity index is 1.52. The van der Waals surface area contributed by atoms with Gasteiger partial charge >= 0.3 is 0 Å². The summed E-state index contributed by atoms with van der Waals surface area (Å²) in [6, 6.07) is 8.13. The van der Waals surface area contributed by atoms with Gasteiger partial charge in [0, 0.05) is 61.5 Å². The summed E-state index contributed by atoms with van der Waals surface area (Å²) in [5.74, 6) is 1.97. The van der Waals surface area contributed by atoms with Gasteiger partial charge in [-0.3, -0.25) is 4.90 Å². The Bertz CT molecular complexity index is 1350. The zero-order valence-corrected chi connectivity index (χ0v) is 22.8. The first-order valence-corrected chi connectivity index (χ1v) is 13.4. The Kier molecular flexibility index (Phi) is 7.16. The molecule has 3 aromatic heterocycles. The molecule has 0 bridgehead atoms. The molecular weight excluding hydrogens is 494 g/mol. The molecule has 5 rings (SSSR count). The molecule has 4 aromatic rings. The Morgan fingerprint density at radius 2 is 1.86 bits per heavy atom. The zero-order chi connectivity index (χ0) is 25.4. The molecule has 1 saturated heterocycles. The van der Waals surface area contributed by atoms with Crippen molar-refractivity contribution in [2.45, 2.75) is 20.3 Å². The van der Waals surface area contributed by atoms with E-state index in [0.29, 0.717) is 18.2 Å². The summed E-state index contributed by atoms with van der Waals surface area (Å²) >= 11 is 7.82. The monoisotopic (exact) mass is 525 g/mol. The van der Waals surface area contributed by atoms with Crippen LogP contribution in [0.15, 0.2) is 28.8 Å². The summed E-state index contributed by atoms with van der Waals surface area (Å²) in [5, 5.41) is 5.06. The van der Waals surface area contributed by atoms with Gasteiger partial charge in [-0.15, -0.1) is 11.3 Å². The molecule has 4 heterocycles. The number of piperazine rings is 1. The van der Waals surface area contributed by atoms with E-state index >= 15 is 0 Å². The van der Waals surface area contributed by atoms with Gasteiger partial charge in [-0.05, 0) is 57.3 Å². The minimum Gasteiger partial charge on any atom is -0.383 e. The Labute approximate surface area is 220 Å². The van der Waals surface area contributed by atoms with Gasteiger partial charge in [0.05, 0.1) is 15.5 Å². The number of nitrogen functional groups attached to an aromatic ring is 1. The van der Waals surface area contributed by atoms with E-state index in [1.165, 1.54) is 0 Å². The lowest BCUT2D eigenvalue weighted by atomic mass is 9.92. The van der Waals surface area contributed by atoms with Crippen molar-refractivity contribution >= 4 is 45.6 Å². The lowest BCUT2D eigenvalue weighted by Gasteiger charge is -2.35. The second-order valence-electron chi connectivity index (χ2n) is 9.61. The number of thiophene rings is 1. The molecule has 0 spiro atoms. The predicted molar refractivity (Wildman–Crippen MR) is 148 cm³/mol. The highest BCUT2D eigenvalue weighted by Crippen LogP contribution is 2.38. The average molecular weight is 526 g/mol. The van der Waals surface area contributed by atoms with Crippen molar-refractivity contribution < 1.29 is 4.52 Å².